The van der Waals surface area contributed by atoms with Gasteiger partial charge < -0.3 is 45.1 Å². The summed E-state index contributed by atoms with van der Waals surface area (Å²) in [5.74, 6) is -1.26. The van der Waals surface area contributed by atoms with Crippen LogP contribution < -0.4 is 5.32 Å². The molecule has 8 atom stereocenters. The maximum absolute atomic E-state index is 13.4. The van der Waals surface area contributed by atoms with E-state index in [1.165, 1.54) is 70.6 Å². The number of amides is 1. The molecule has 8 unspecified atom stereocenters. The average molecular weight is 1050 g/mol. The van der Waals surface area contributed by atoms with E-state index >= 15 is 0 Å². The molecule has 1 fully saturated rings. The number of hydrogen-bond donors (Lipinski definition) is 6. The molecule has 1 rings (SSSR count). The molecule has 1 heterocycles. The monoisotopic (exact) mass is 1050 g/mol. The molecule has 0 radical (unpaired) electrons. The summed E-state index contributed by atoms with van der Waals surface area (Å²) in [7, 11) is 0. The molecule has 0 aromatic rings. The number of carbonyl (C=O) groups excluding carboxylic acids is 2. The van der Waals surface area contributed by atoms with E-state index in [1.807, 2.05) is 66.8 Å². The molecule has 0 saturated carbocycles. The first kappa shape index (κ1) is 69.3. The van der Waals surface area contributed by atoms with Gasteiger partial charge in [-0.15, -0.1) is 0 Å². The summed E-state index contributed by atoms with van der Waals surface area (Å²) in [6.45, 7) is 5.57. The Balaban J connectivity index is 2.77. The van der Waals surface area contributed by atoms with Gasteiger partial charge in [0, 0.05) is 6.42 Å². The van der Waals surface area contributed by atoms with E-state index in [9.17, 15) is 35.1 Å². The van der Waals surface area contributed by atoms with Gasteiger partial charge in [-0.3, -0.25) is 9.59 Å². The average Bonchev–Trinajstić information content (AvgIpc) is 3.41. The summed E-state index contributed by atoms with van der Waals surface area (Å²) >= 11 is 0. The minimum absolute atomic E-state index is 0.0653. The van der Waals surface area contributed by atoms with Gasteiger partial charge in [0.25, 0.3) is 0 Å². The summed E-state index contributed by atoms with van der Waals surface area (Å²) in [5.41, 5.74) is 0. The highest BCUT2D eigenvalue weighted by Crippen LogP contribution is 2.26. The number of rotatable bonds is 48. The van der Waals surface area contributed by atoms with Crippen LogP contribution in [0.15, 0.2) is 109 Å². The Kier molecular flexibility index (Phi) is 47.2. The quantitative estimate of drug-likeness (QED) is 0.0149. The van der Waals surface area contributed by atoms with Crippen LogP contribution in [0.5, 0.6) is 0 Å². The summed E-state index contributed by atoms with van der Waals surface area (Å²) < 4.78 is 17.5. The molecule has 0 aliphatic carbocycles. The molecule has 0 spiro atoms. The van der Waals surface area contributed by atoms with Gasteiger partial charge >= 0.3 is 5.97 Å². The van der Waals surface area contributed by atoms with Gasteiger partial charge in [-0.25, -0.2) is 0 Å². The Bertz CT molecular complexity index is 1630. The van der Waals surface area contributed by atoms with Crippen molar-refractivity contribution in [1.29, 1.82) is 0 Å². The Hall–Kier alpha value is -3.68. The highest BCUT2D eigenvalue weighted by atomic mass is 16.7. The largest absolute Gasteiger partial charge is 0.454 e. The lowest BCUT2D eigenvalue weighted by Gasteiger charge is -2.41. The molecular formula is C64H107NO10. The highest BCUT2D eigenvalue weighted by molar-refractivity contribution is 5.80. The van der Waals surface area contributed by atoms with Crippen molar-refractivity contribution >= 4 is 11.9 Å². The summed E-state index contributed by atoms with van der Waals surface area (Å²) in [6, 6.07) is -1.04. The Morgan fingerprint density at radius 2 is 1.01 bits per heavy atom. The van der Waals surface area contributed by atoms with Crippen LogP contribution in [0.1, 0.15) is 220 Å². The molecule has 1 saturated heterocycles. The molecule has 1 aliphatic rings. The van der Waals surface area contributed by atoms with E-state index in [0.717, 1.165) is 103 Å². The second-order valence-electron chi connectivity index (χ2n) is 20.1. The van der Waals surface area contributed by atoms with Crippen molar-refractivity contribution in [3.8, 4) is 0 Å². The first-order valence-electron chi connectivity index (χ1n) is 29.7. The first-order valence-corrected chi connectivity index (χ1v) is 29.7. The van der Waals surface area contributed by atoms with Gasteiger partial charge in [0.1, 0.15) is 24.4 Å². The zero-order chi connectivity index (χ0) is 54.7. The van der Waals surface area contributed by atoms with Crippen LogP contribution in [0.3, 0.4) is 0 Å². The van der Waals surface area contributed by atoms with Crippen LogP contribution in [0.4, 0.5) is 0 Å². The molecule has 0 bridgehead atoms. The van der Waals surface area contributed by atoms with Crippen molar-refractivity contribution in [2.24, 2.45) is 0 Å². The molecule has 1 aliphatic heterocycles. The molecule has 11 heteroatoms. The Morgan fingerprint density at radius 3 is 1.57 bits per heavy atom. The van der Waals surface area contributed by atoms with Crippen LogP contribution in [-0.2, 0) is 23.8 Å². The number of unbranched alkanes of at least 4 members (excludes halogenated alkanes) is 23. The second-order valence-corrected chi connectivity index (χ2v) is 20.1. The minimum atomic E-state index is -1.64. The predicted molar refractivity (Wildman–Crippen MR) is 310 cm³/mol. The van der Waals surface area contributed by atoms with Crippen molar-refractivity contribution in [2.75, 3.05) is 13.2 Å². The van der Waals surface area contributed by atoms with Gasteiger partial charge in [-0.05, 0) is 77.0 Å². The number of aliphatic hydroxyl groups excluding tert-OH is 5. The number of hydrogen-bond acceptors (Lipinski definition) is 10. The van der Waals surface area contributed by atoms with E-state index < -0.39 is 67.4 Å². The minimum Gasteiger partial charge on any atom is -0.454 e. The number of ether oxygens (including phenoxy) is 3. The van der Waals surface area contributed by atoms with E-state index in [0.29, 0.717) is 12.8 Å². The van der Waals surface area contributed by atoms with Gasteiger partial charge in [-0.1, -0.05) is 246 Å². The van der Waals surface area contributed by atoms with Gasteiger partial charge in [0.05, 0.1) is 25.4 Å². The number of nitrogens with one attached hydrogen (secondary N) is 1. The molecule has 428 valence electrons. The summed E-state index contributed by atoms with van der Waals surface area (Å²) in [4.78, 5) is 26.5. The fraction of sp³-hybridized carbons (Fsp3) is 0.688. The van der Waals surface area contributed by atoms with Gasteiger partial charge in [0.15, 0.2) is 12.4 Å². The van der Waals surface area contributed by atoms with Crippen LogP contribution in [0.25, 0.3) is 0 Å². The Labute approximate surface area is 456 Å². The van der Waals surface area contributed by atoms with Crippen LogP contribution >= 0.6 is 0 Å². The number of carbonyl (C=O) groups is 2. The highest BCUT2D eigenvalue weighted by Gasteiger charge is 2.47. The lowest BCUT2D eigenvalue weighted by atomic mass is 9.99. The third kappa shape index (κ3) is 39.4. The van der Waals surface area contributed by atoms with Crippen molar-refractivity contribution in [3.63, 3.8) is 0 Å². The second kappa shape index (κ2) is 51.1. The smallest absolute Gasteiger partial charge is 0.306 e. The third-order valence-electron chi connectivity index (χ3n) is 13.3. The van der Waals surface area contributed by atoms with Crippen LogP contribution in [0, 0.1) is 0 Å². The maximum atomic E-state index is 13.4. The predicted octanol–water partition coefficient (Wildman–Crippen LogP) is 13.7. The SMILES string of the molecule is CC\C=C/C=C/C=C/C=C\C=C\C=C\CCCCCC(=O)OC1C(OCC(NC(=O)C(O)CCCCCCCC/C=C\C/C=C\CCCCC)C(O)/C=C/CCCCCCCCCCCCC)OC(CO)C(O)C1O. The first-order chi connectivity index (χ1) is 36.7. The zero-order valence-corrected chi connectivity index (χ0v) is 47.1. The topological polar surface area (TPSA) is 175 Å². The van der Waals surface area contributed by atoms with Gasteiger partial charge in [-0.2, -0.15) is 0 Å². The number of allylic oxidation sites excluding steroid dienone is 17. The molecule has 0 aromatic heterocycles. The normalized spacial score (nSPS) is 20.0. The molecular weight excluding hydrogens is 943 g/mol. The number of esters is 1. The fourth-order valence-electron chi connectivity index (χ4n) is 8.59. The van der Waals surface area contributed by atoms with Crippen molar-refractivity contribution in [1.82, 2.24) is 5.32 Å². The maximum Gasteiger partial charge on any atom is 0.306 e. The van der Waals surface area contributed by atoms with Crippen LogP contribution in [0.2, 0.25) is 0 Å². The van der Waals surface area contributed by atoms with Crippen molar-refractivity contribution < 1.29 is 49.3 Å². The standard InChI is InChI=1S/C64H107NO10/c1-4-7-10-13-16-19-22-25-27-29-31-34-37-40-43-46-49-52-59(69)75-62-61(71)60(70)58(53-66)74-64(62)73-54-55(56(67)50-47-44-41-38-35-32-24-21-18-15-12-9-6-3)65-63(72)57(68)51-48-45-42-39-36-33-30-28-26-23-20-17-14-11-8-5-2/h7,10,13,16-17,19-20,22,25-29,31,34,37,47,50,55-58,60-62,64,66-68,70-71H,4-6,8-9,11-12,14-15,18,21,23-24,30,32-33,35-36,38-46,48-49,51-54H2,1-3H3,(H,65,72)/b10-7-,16-13+,20-17-,22-19+,27-25-,28-26-,31-29+,37-34+,50-47+. The molecule has 1 amide bonds. The lowest BCUT2D eigenvalue weighted by molar-refractivity contribution is -0.305. The molecule has 75 heavy (non-hydrogen) atoms. The van der Waals surface area contributed by atoms with Crippen molar-refractivity contribution in [2.45, 2.75) is 269 Å². The van der Waals surface area contributed by atoms with Crippen molar-refractivity contribution in [3.05, 3.63) is 109 Å². The zero-order valence-electron chi connectivity index (χ0n) is 47.1. The van der Waals surface area contributed by atoms with E-state index in [4.69, 9.17) is 14.2 Å². The van der Waals surface area contributed by atoms with Gasteiger partial charge in [0.2, 0.25) is 5.91 Å². The third-order valence-corrected chi connectivity index (χ3v) is 13.3. The fourth-order valence-corrected chi connectivity index (χ4v) is 8.59. The summed E-state index contributed by atoms with van der Waals surface area (Å²) in [6.07, 6.45) is 58.3. The number of aliphatic hydroxyl groups is 5. The summed E-state index contributed by atoms with van der Waals surface area (Å²) in [5, 5.41) is 56.9. The molecule has 6 N–H and O–H groups in total. The Morgan fingerprint density at radius 1 is 0.547 bits per heavy atom. The lowest BCUT2D eigenvalue weighted by Crippen LogP contribution is -2.61. The van der Waals surface area contributed by atoms with E-state index in [-0.39, 0.29) is 19.4 Å². The van der Waals surface area contributed by atoms with E-state index in [2.05, 4.69) is 62.5 Å². The molecule has 0 aromatic carbocycles. The van der Waals surface area contributed by atoms with E-state index in [1.54, 1.807) is 6.08 Å². The van der Waals surface area contributed by atoms with Crippen LogP contribution in [-0.4, -0.2) is 99.6 Å². The molecule has 11 nitrogen and oxygen atoms in total.